The van der Waals surface area contributed by atoms with Crippen LogP contribution in [-0.2, 0) is 9.59 Å². The molecule has 2 heterocycles. The molecule has 170 valence electrons. The van der Waals surface area contributed by atoms with Crippen molar-refractivity contribution in [2.75, 3.05) is 18.6 Å². The summed E-state index contributed by atoms with van der Waals surface area (Å²) in [6, 6.07) is 3.48. The number of ether oxygens (including phenoxy) is 1. The van der Waals surface area contributed by atoms with Crippen molar-refractivity contribution in [3.05, 3.63) is 46.8 Å². The Morgan fingerprint density at radius 2 is 2.06 bits per heavy atom. The molecule has 0 unspecified atom stereocenters. The Balaban J connectivity index is 1.77. The average molecular weight is 437 g/mol. The zero-order valence-corrected chi connectivity index (χ0v) is 19.4. The smallest absolute Gasteiger partial charge is 0.182 e. The number of phenols is 1. The van der Waals surface area contributed by atoms with Gasteiger partial charge in [0.15, 0.2) is 17.3 Å². The molecule has 6 heteroatoms. The Morgan fingerprint density at radius 3 is 2.75 bits per heavy atom. The molecule has 2 aliphatic heterocycles. The number of carbonyl (C=O) groups excluding carboxylic acids is 2. The monoisotopic (exact) mass is 436 g/mol. The minimum atomic E-state index is -0.223. The van der Waals surface area contributed by atoms with Crippen LogP contribution in [0.2, 0.25) is 0 Å². The summed E-state index contributed by atoms with van der Waals surface area (Å²) in [5.74, 6) is 0.477. The van der Waals surface area contributed by atoms with Gasteiger partial charge in [-0.2, -0.15) is 0 Å². The number of Topliss-reactive ketones (excluding diaryl/α,β-unsaturated/α-hetero) is 1. The lowest BCUT2D eigenvalue weighted by Gasteiger charge is -2.20. The van der Waals surface area contributed by atoms with Crippen LogP contribution < -0.4 is 9.64 Å². The Hall–Kier alpha value is -3.15. The maximum Gasteiger partial charge on any atom is 0.182 e. The highest BCUT2D eigenvalue weighted by Crippen LogP contribution is 2.42. The highest BCUT2D eigenvalue weighted by Gasteiger charge is 2.28. The second kappa shape index (κ2) is 10.4. The fourth-order valence-corrected chi connectivity index (χ4v) is 3.93. The molecule has 0 saturated carbocycles. The van der Waals surface area contributed by atoms with Crippen molar-refractivity contribution in [2.45, 2.75) is 52.9 Å². The highest BCUT2D eigenvalue weighted by molar-refractivity contribution is 6.06. The van der Waals surface area contributed by atoms with Crippen LogP contribution in [-0.4, -0.2) is 36.5 Å². The van der Waals surface area contributed by atoms with E-state index in [9.17, 15) is 14.7 Å². The van der Waals surface area contributed by atoms with Gasteiger partial charge in [-0.1, -0.05) is 39.7 Å². The van der Waals surface area contributed by atoms with Crippen LogP contribution in [0.25, 0.3) is 6.08 Å². The van der Waals surface area contributed by atoms with Gasteiger partial charge in [0.1, 0.15) is 5.78 Å². The van der Waals surface area contributed by atoms with Crippen molar-refractivity contribution in [2.24, 2.45) is 10.9 Å². The Kier molecular flexibility index (Phi) is 7.67. The first-order valence-electron chi connectivity index (χ1n) is 11.2. The third-order valence-electron chi connectivity index (χ3n) is 5.73. The van der Waals surface area contributed by atoms with Crippen LogP contribution >= 0.6 is 0 Å². The van der Waals surface area contributed by atoms with Gasteiger partial charge >= 0.3 is 0 Å². The van der Waals surface area contributed by atoms with Crippen LogP contribution in [0.15, 0.2) is 46.2 Å². The molecule has 1 aromatic carbocycles. The summed E-state index contributed by atoms with van der Waals surface area (Å²) in [4.78, 5) is 30.6. The number of unbranched alkanes of at least 4 members (excludes halogenated alkanes) is 2. The zero-order chi connectivity index (χ0) is 23.3. The van der Waals surface area contributed by atoms with Crippen LogP contribution in [0, 0.1) is 5.92 Å². The number of hydrogen-bond acceptors (Lipinski definition) is 6. The fourth-order valence-electron chi connectivity index (χ4n) is 3.93. The number of phenolic OH excluding ortho intramolecular Hbond substituents is 1. The number of fused-ring (bicyclic) bond motifs is 1. The standard InChI is InChI=1S/C26H32N2O4/c1-5-6-7-8-19(29)13-20(30)10-9-18-11-24(26(31)25(12-18)32-4)28-15-22-21(17(2)3)14-27-23(22)16-28/h9-12,14,16-17,31H,5-8,13,15H2,1-4H3. The van der Waals surface area contributed by atoms with Gasteiger partial charge in [0.2, 0.25) is 0 Å². The van der Waals surface area contributed by atoms with E-state index in [1.807, 2.05) is 23.4 Å². The topological polar surface area (TPSA) is 79.2 Å². The summed E-state index contributed by atoms with van der Waals surface area (Å²) in [5.41, 5.74) is 4.56. The number of carbonyl (C=O) groups is 2. The van der Waals surface area contributed by atoms with Gasteiger partial charge in [-0.15, -0.1) is 0 Å². The molecule has 0 aromatic heterocycles. The quantitative estimate of drug-likeness (QED) is 0.292. The van der Waals surface area contributed by atoms with Crippen LogP contribution in [0.4, 0.5) is 5.69 Å². The van der Waals surface area contributed by atoms with Gasteiger partial charge in [-0.25, -0.2) is 0 Å². The number of aromatic hydroxyl groups is 1. The Labute approximate surface area is 190 Å². The summed E-state index contributed by atoms with van der Waals surface area (Å²) < 4.78 is 5.35. The summed E-state index contributed by atoms with van der Waals surface area (Å²) in [6.07, 6.45) is 10.2. The molecule has 0 atom stereocenters. The highest BCUT2D eigenvalue weighted by atomic mass is 16.5. The molecule has 0 aliphatic carbocycles. The van der Waals surface area contributed by atoms with Crippen molar-refractivity contribution >= 4 is 29.5 Å². The van der Waals surface area contributed by atoms with E-state index in [1.165, 1.54) is 18.8 Å². The molecule has 0 saturated heterocycles. The third-order valence-corrected chi connectivity index (χ3v) is 5.73. The number of allylic oxidation sites excluding steroid dienone is 2. The van der Waals surface area contributed by atoms with E-state index in [0.29, 0.717) is 35.9 Å². The number of ketones is 2. The van der Waals surface area contributed by atoms with E-state index in [-0.39, 0.29) is 23.7 Å². The van der Waals surface area contributed by atoms with Gasteiger partial charge in [0, 0.05) is 24.4 Å². The minimum absolute atomic E-state index is 0.0258. The molecule has 1 aromatic rings. The largest absolute Gasteiger partial charge is 0.503 e. The lowest BCUT2D eigenvalue weighted by Crippen LogP contribution is -2.15. The summed E-state index contributed by atoms with van der Waals surface area (Å²) in [5, 5.41) is 10.7. The first-order chi connectivity index (χ1) is 15.3. The van der Waals surface area contributed by atoms with E-state index in [0.717, 1.165) is 30.5 Å². The molecule has 0 spiro atoms. The molecule has 3 rings (SSSR count). The fraction of sp³-hybridized carbons (Fsp3) is 0.423. The SMILES string of the molecule is CCCCCC(=O)CC(=O)C=Cc1cc(OC)c(O)c(N2C=C3N=CC(C(C)C)=C3C2)c1. The second-order valence-corrected chi connectivity index (χ2v) is 8.55. The molecule has 0 fully saturated rings. The van der Waals surface area contributed by atoms with E-state index >= 15 is 0 Å². The molecule has 0 bridgehead atoms. The zero-order valence-electron chi connectivity index (χ0n) is 19.4. The molecule has 1 N–H and O–H groups in total. The molecule has 6 nitrogen and oxygen atoms in total. The number of anilines is 1. The lowest BCUT2D eigenvalue weighted by molar-refractivity contribution is -0.124. The maximum absolute atomic E-state index is 12.2. The number of hydrogen-bond donors (Lipinski definition) is 1. The number of nitrogens with zero attached hydrogens (tertiary/aromatic N) is 2. The van der Waals surface area contributed by atoms with Crippen molar-refractivity contribution in [1.29, 1.82) is 0 Å². The summed E-state index contributed by atoms with van der Waals surface area (Å²) >= 11 is 0. The first-order valence-corrected chi connectivity index (χ1v) is 11.2. The van der Waals surface area contributed by atoms with Crippen molar-refractivity contribution in [3.63, 3.8) is 0 Å². The van der Waals surface area contributed by atoms with E-state index in [1.54, 1.807) is 12.1 Å². The van der Waals surface area contributed by atoms with E-state index in [2.05, 4.69) is 25.8 Å². The molecule has 0 amide bonds. The normalized spacial score (nSPS) is 15.2. The lowest BCUT2D eigenvalue weighted by atomic mass is 9.99. The number of benzene rings is 1. The van der Waals surface area contributed by atoms with Crippen LogP contribution in [0.1, 0.15) is 58.4 Å². The summed E-state index contributed by atoms with van der Waals surface area (Å²) in [7, 11) is 1.49. The second-order valence-electron chi connectivity index (χ2n) is 8.55. The third kappa shape index (κ3) is 5.36. The average Bonchev–Trinajstić information content (AvgIpc) is 3.33. The van der Waals surface area contributed by atoms with Crippen molar-refractivity contribution in [1.82, 2.24) is 0 Å². The van der Waals surface area contributed by atoms with E-state index < -0.39 is 0 Å². The van der Waals surface area contributed by atoms with Gasteiger partial charge in [0.25, 0.3) is 0 Å². The maximum atomic E-state index is 12.2. The number of rotatable bonds is 11. The predicted octanol–water partition coefficient (Wildman–Crippen LogP) is 5.22. The Morgan fingerprint density at radius 1 is 1.28 bits per heavy atom. The van der Waals surface area contributed by atoms with Gasteiger partial charge in [-0.3, -0.25) is 14.6 Å². The molecule has 0 radical (unpaired) electrons. The van der Waals surface area contributed by atoms with Crippen molar-refractivity contribution < 1.29 is 19.4 Å². The minimum Gasteiger partial charge on any atom is -0.503 e. The number of methoxy groups -OCH3 is 1. The molecular formula is C26H32N2O4. The van der Waals surface area contributed by atoms with Gasteiger partial charge < -0.3 is 14.7 Å². The molecule has 2 aliphatic rings. The van der Waals surface area contributed by atoms with Crippen LogP contribution in [0.3, 0.4) is 0 Å². The van der Waals surface area contributed by atoms with Crippen molar-refractivity contribution in [3.8, 4) is 11.5 Å². The Bertz CT molecular complexity index is 1010. The van der Waals surface area contributed by atoms with Gasteiger partial charge in [-0.05, 0) is 41.7 Å². The summed E-state index contributed by atoms with van der Waals surface area (Å²) in [6.45, 7) is 6.96. The van der Waals surface area contributed by atoms with E-state index in [4.69, 9.17) is 4.74 Å². The van der Waals surface area contributed by atoms with Crippen LogP contribution in [0.5, 0.6) is 11.5 Å². The molecular weight excluding hydrogens is 404 g/mol. The predicted molar refractivity (Wildman–Crippen MR) is 128 cm³/mol. The first kappa shape index (κ1) is 23.5. The molecule has 32 heavy (non-hydrogen) atoms. The number of aliphatic imine (C=N–C) groups is 1. The van der Waals surface area contributed by atoms with Gasteiger partial charge in [0.05, 0.1) is 31.5 Å².